The number of nitro groups is 1. The van der Waals surface area contributed by atoms with Gasteiger partial charge in [0.15, 0.2) is 0 Å². The molecule has 0 fully saturated rings. The highest BCUT2D eigenvalue weighted by molar-refractivity contribution is 5.83. The summed E-state index contributed by atoms with van der Waals surface area (Å²) in [6.07, 6.45) is 2.77. The highest BCUT2D eigenvalue weighted by Crippen LogP contribution is 2.06. The quantitative estimate of drug-likeness (QED) is 0.536. The maximum Gasteiger partial charge on any atom is 0.381 e. The van der Waals surface area contributed by atoms with Gasteiger partial charge < -0.3 is 25.1 Å². The third-order valence-electron chi connectivity index (χ3n) is 2.45. The molecule has 0 spiro atoms. The lowest BCUT2D eigenvalue weighted by Crippen LogP contribution is -2.40. The topological polar surface area (TPSA) is 127 Å². The lowest BCUT2D eigenvalue weighted by Gasteiger charge is -2.11. The van der Waals surface area contributed by atoms with Crippen LogP contribution in [-0.4, -0.2) is 37.5 Å². The van der Waals surface area contributed by atoms with E-state index in [2.05, 4.69) is 10.3 Å². The van der Waals surface area contributed by atoms with Crippen LogP contribution in [0.5, 0.6) is 0 Å². The molecule has 9 heteroatoms. The van der Waals surface area contributed by atoms with Crippen LogP contribution in [0.2, 0.25) is 0 Å². The van der Waals surface area contributed by atoms with Gasteiger partial charge in [0.2, 0.25) is 12.2 Å². The average Bonchev–Trinajstić information content (AvgIpc) is 2.82. The molecule has 1 aromatic heterocycles. The van der Waals surface area contributed by atoms with Crippen molar-refractivity contribution in [2.45, 2.75) is 32.4 Å². The van der Waals surface area contributed by atoms with Crippen molar-refractivity contribution in [1.29, 1.82) is 0 Å². The van der Waals surface area contributed by atoms with E-state index < -0.39 is 22.8 Å². The van der Waals surface area contributed by atoms with Gasteiger partial charge in [-0.1, -0.05) is 6.92 Å². The number of aromatic nitrogens is 2. The second-order valence-corrected chi connectivity index (χ2v) is 3.84. The molecular formula is C10H14N4O5. The molecule has 0 saturated heterocycles. The van der Waals surface area contributed by atoms with E-state index in [0.717, 1.165) is 0 Å². The van der Waals surface area contributed by atoms with E-state index in [-0.39, 0.29) is 25.2 Å². The monoisotopic (exact) mass is 270 g/mol. The molecule has 1 atom stereocenters. The Balaban J connectivity index is 2.45. The molecule has 1 heterocycles. The number of carbonyl (C=O) groups is 2. The van der Waals surface area contributed by atoms with Crippen molar-refractivity contribution in [3.63, 3.8) is 0 Å². The molecule has 0 unspecified atom stereocenters. The van der Waals surface area contributed by atoms with Gasteiger partial charge in [0.25, 0.3) is 0 Å². The molecule has 0 radical (unpaired) electrons. The van der Waals surface area contributed by atoms with Crippen LogP contribution in [0.4, 0.5) is 5.82 Å². The van der Waals surface area contributed by atoms with E-state index >= 15 is 0 Å². The van der Waals surface area contributed by atoms with E-state index in [4.69, 9.17) is 5.11 Å². The number of imidazole rings is 1. The average molecular weight is 270 g/mol. The summed E-state index contributed by atoms with van der Waals surface area (Å²) in [6.45, 7) is 1.85. The van der Waals surface area contributed by atoms with Gasteiger partial charge in [0, 0.05) is 13.0 Å². The number of carboxylic acids is 1. The molecule has 1 amide bonds. The lowest BCUT2D eigenvalue weighted by atomic mass is 10.2. The number of rotatable bonds is 7. The number of carbonyl (C=O) groups excluding carboxylic acids is 1. The van der Waals surface area contributed by atoms with Gasteiger partial charge in [-0.3, -0.25) is 4.79 Å². The number of aliphatic carboxylic acids is 1. The molecule has 0 saturated carbocycles. The van der Waals surface area contributed by atoms with Crippen molar-refractivity contribution < 1.29 is 19.6 Å². The number of hydrogen-bond donors (Lipinski definition) is 2. The van der Waals surface area contributed by atoms with Crippen molar-refractivity contribution in [1.82, 2.24) is 14.9 Å². The predicted molar refractivity (Wildman–Crippen MR) is 63.4 cm³/mol. The maximum absolute atomic E-state index is 11.5. The summed E-state index contributed by atoms with van der Waals surface area (Å²) in [6, 6.07) is -0.912. The zero-order valence-corrected chi connectivity index (χ0v) is 10.3. The minimum absolute atomic E-state index is 0.0251. The first-order chi connectivity index (χ1) is 8.93. The van der Waals surface area contributed by atoms with E-state index in [0.29, 0.717) is 0 Å². The Kier molecular flexibility index (Phi) is 4.98. The molecule has 104 valence electrons. The van der Waals surface area contributed by atoms with Crippen LogP contribution in [0.1, 0.15) is 19.8 Å². The Morgan fingerprint density at radius 1 is 1.63 bits per heavy atom. The molecule has 1 rings (SSSR count). The molecule has 9 nitrogen and oxygen atoms in total. The molecule has 2 N–H and O–H groups in total. The minimum atomic E-state index is -1.09. The molecule has 1 aromatic rings. The van der Waals surface area contributed by atoms with Crippen molar-refractivity contribution >= 4 is 17.7 Å². The third kappa shape index (κ3) is 4.37. The van der Waals surface area contributed by atoms with Gasteiger partial charge >= 0.3 is 11.8 Å². The lowest BCUT2D eigenvalue weighted by molar-refractivity contribution is -0.389. The van der Waals surface area contributed by atoms with Crippen LogP contribution in [0, 0.1) is 10.1 Å². The number of nitrogens with one attached hydrogen (secondary N) is 1. The van der Waals surface area contributed by atoms with Crippen LogP contribution in [0.3, 0.4) is 0 Å². The predicted octanol–water partition coefficient (Wildman–Crippen LogP) is 0.161. The molecule has 19 heavy (non-hydrogen) atoms. The van der Waals surface area contributed by atoms with Gasteiger partial charge in [0.05, 0.1) is 0 Å². The fraction of sp³-hybridized carbons (Fsp3) is 0.500. The first-order valence-electron chi connectivity index (χ1n) is 5.62. The van der Waals surface area contributed by atoms with E-state index in [1.54, 1.807) is 6.92 Å². The van der Waals surface area contributed by atoms with Crippen molar-refractivity contribution in [3.8, 4) is 0 Å². The number of aryl methyl sites for hydroxylation is 1. The minimum Gasteiger partial charge on any atom is -0.480 e. The highest BCUT2D eigenvalue weighted by Gasteiger charge is 2.17. The third-order valence-corrected chi connectivity index (χ3v) is 2.45. The summed E-state index contributed by atoms with van der Waals surface area (Å²) < 4.78 is 1.40. The van der Waals surface area contributed by atoms with Gasteiger partial charge in [-0.05, 0) is 16.3 Å². The Morgan fingerprint density at radius 2 is 2.32 bits per heavy atom. The molecular weight excluding hydrogens is 256 g/mol. The number of carboxylic acid groups (broad SMARTS) is 1. The summed E-state index contributed by atoms with van der Waals surface area (Å²) in [5.74, 6) is -1.81. The smallest absolute Gasteiger partial charge is 0.381 e. The van der Waals surface area contributed by atoms with Crippen LogP contribution in [0.25, 0.3) is 0 Å². The Hall–Kier alpha value is -2.45. The van der Waals surface area contributed by atoms with Gasteiger partial charge in [0.1, 0.15) is 12.2 Å². The first-order valence-corrected chi connectivity index (χ1v) is 5.62. The van der Waals surface area contributed by atoms with Crippen molar-refractivity contribution in [3.05, 3.63) is 22.6 Å². The standard InChI is InChI=1S/C10H14N4O5/c1-2-7(10(16)17)12-9(15)3-4-13-5-8(11-6-13)14(18)19/h5-7H,2-4H2,1H3,(H,12,15)(H,16,17)/t7-/m0/s1. The van der Waals surface area contributed by atoms with E-state index in [1.165, 1.54) is 17.1 Å². The van der Waals surface area contributed by atoms with E-state index in [1.807, 2.05) is 0 Å². The second kappa shape index (κ2) is 6.47. The van der Waals surface area contributed by atoms with Crippen LogP contribution in [0.15, 0.2) is 12.5 Å². The Morgan fingerprint density at radius 3 is 2.79 bits per heavy atom. The fourth-order valence-corrected chi connectivity index (χ4v) is 1.40. The largest absolute Gasteiger partial charge is 0.480 e. The first kappa shape index (κ1) is 14.6. The SMILES string of the molecule is CC[C@H](NC(=O)CCn1cnc([N+](=O)[O-])c1)C(=O)O. The highest BCUT2D eigenvalue weighted by atomic mass is 16.6. The van der Waals surface area contributed by atoms with Gasteiger partial charge in [-0.15, -0.1) is 0 Å². The molecule has 0 bridgehead atoms. The second-order valence-electron chi connectivity index (χ2n) is 3.84. The normalized spacial score (nSPS) is 11.8. The maximum atomic E-state index is 11.5. The molecule has 0 aliphatic heterocycles. The Labute approximate surface area is 108 Å². The summed E-state index contributed by atoms with van der Waals surface area (Å²) in [4.78, 5) is 35.5. The summed E-state index contributed by atoms with van der Waals surface area (Å²) in [5, 5.41) is 21.5. The van der Waals surface area contributed by atoms with Crippen LogP contribution < -0.4 is 5.32 Å². The number of amides is 1. The summed E-state index contributed by atoms with van der Waals surface area (Å²) in [7, 11) is 0. The van der Waals surface area contributed by atoms with Gasteiger partial charge in [-0.25, -0.2) is 4.79 Å². The zero-order chi connectivity index (χ0) is 14.4. The number of hydrogen-bond acceptors (Lipinski definition) is 5. The van der Waals surface area contributed by atoms with Crippen molar-refractivity contribution in [2.24, 2.45) is 0 Å². The Bertz CT molecular complexity index is 484. The fourth-order valence-electron chi connectivity index (χ4n) is 1.40. The summed E-state index contributed by atoms with van der Waals surface area (Å²) >= 11 is 0. The zero-order valence-electron chi connectivity index (χ0n) is 10.3. The molecule has 0 aliphatic carbocycles. The van der Waals surface area contributed by atoms with E-state index in [9.17, 15) is 19.7 Å². The number of nitrogens with zero attached hydrogens (tertiary/aromatic N) is 3. The van der Waals surface area contributed by atoms with Gasteiger partial charge in [-0.2, -0.15) is 0 Å². The molecule has 0 aromatic carbocycles. The molecule has 0 aliphatic rings. The van der Waals surface area contributed by atoms with Crippen LogP contribution in [-0.2, 0) is 16.1 Å². The van der Waals surface area contributed by atoms with Crippen LogP contribution >= 0.6 is 0 Å². The summed E-state index contributed by atoms with van der Waals surface area (Å²) in [5.41, 5.74) is 0. The van der Waals surface area contributed by atoms with Crippen molar-refractivity contribution in [2.75, 3.05) is 0 Å².